The third kappa shape index (κ3) is 8.31. The monoisotopic (exact) mass is 519 g/mol. The summed E-state index contributed by atoms with van der Waals surface area (Å²) in [5.41, 5.74) is 2.78. The van der Waals surface area contributed by atoms with Gasteiger partial charge in [0, 0.05) is 43.7 Å². The van der Waals surface area contributed by atoms with Crippen LogP contribution in [0.1, 0.15) is 26.5 Å². The molecule has 3 aromatic rings. The molecule has 2 N–H and O–H groups in total. The van der Waals surface area contributed by atoms with Crippen LogP contribution in [0.25, 0.3) is 11.1 Å². The average molecular weight is 520 g/mol. The molecule has 11 nitrogen and oxygen atoms in total. The average Bonchev–Trinajstić information content (AvgIpc) is 2.93. The number of nitriles is 1. The van der Waals surface area contributed by atoms with Crippen molar-refractivity contribution >= 4 is 23.4 Å². The maximum absolute atomic E-state index is 11.5. The Labute approximate surface area is 222 Å². The van der Waals surface area contributed by atoms with Crippen LogP contribution in [0.4, 0.5) is 22.1 Å². The van der Waals surface area contributed by atoms with E-state index >= 15 is 0 Å². The van der Waals surface area contributed by atoms with E-state index in [-0.39, 0.29) is 11.8 Å². The van der Waals surface area contributed by atoms with Crippen LogP contribution in [0, 0.1) is 11.3 Å². The number of hydrogen-bond donors (Lipinski definition) is 2. The summed E-state index contributed by atoms with van der Waals surface area (Å²) >= 11 is 0. The highest BCUT2D eigenvalue weighted by molar-refractivity contribution is 5.79. The Bertz CT molecular complexity index is 1230. The van der Waals surface area contributed by atoms with Crippen molar-refractivity contribution in [3.63, 3.8) is 0 Å². The first-order valence-corrected chi connectivity index (χ1v) is 12.1. The lowest BCUT2D eigenvalue weighted by molar-refractivity contribution is -0.00677. The molecule has 2 aromatic heterocycles. The molecule has 0 unspecified atom stereocenters. The summed E-state index contributed by atoms with van der Waals surface area (Å²) in [6, 6.07) is 11.6. The number of carbonyl (C=O) groups is 1. The van der Waals surface area contributed by atoms with Crippen molar-refractivity contribution in [2.45, 2.75) is 26.4 Å². The van der Waals surface area contributed by atoms with E-state index in [1.54, 1.807) is 18.2 Å². The fourth-order valence-corrected chi connectivity index (χ4v) is 3.39. The summed E-state index contributed by atoms with van der Waals surface area (Å²) in [4.78, 5) is 25.7. The minimum Gasteiger partial charge on any atom is -0.497 e. The predicted molar refractivity (Wildman–Crippen MR) is 144 cm³/mol. The normalized spacial score (nSPS) is 12.9. The van der Waals surface area contributed by atoms with Crippen LogP contribution in [0.3, 0.4) is 0 Å². The number of methoxy groups -OCH3 is 1. The molecule has 1 aliphatic heterocycles. The highest BCUT2D eigenvalue weighted by Gasteiger charge is 2.23. The first-order chi connectivity index (χ1) is 18.2. The second-order valence-corrected chi connectivity index (χ2v) is 9.20. The van der Waals surface area contributed by atoms with Crippen molar-refractivity contribution in [3.05, 3.63) is 54.6 Å². The quantitative estimate of drug-likeness (QED) is 0.497. The van der Waals surface area contributed by atoms with Gasteiger partial charge < -0.3 is 29.7 Å². The minimum absolute atomic E-state index is 0.240. The second kappa shape index (κ2) is 13.2. The number of carbonyl (C=O) groups excluding carboxylic acids is 1. The van der Waals surface area contributed by atoms with Gasteiger partial charge in [-0.25, -0.2) is 19.7 Å². The van der Waals surface area contributed by atoms with Crippen molar-refractivity contribution < 1.29 is 19.0 Å². The first-order valence-electron chi connectivity index (χ1n) is 12.1. The van der Waals surface area contributed by atoms with Gasteiger partial charge in [0.2, 0.25) is 0 Å². The van der Waals surface area contributed by atoms with E-state index in [0.717, 1.165) is 22.6 Å². The zero-order valence-electron chi connectivity index (χ0n) is 22.3. The number of amides is 1. The Balaban J connectivity index is 0.000000260. The molecule has 38 heavy (non-hydrogen) atoms. The predicted octanol–water partition coefficient (Wildman–Crippen LogP) is 4.46. The van der Waals surface area contributed by atoms with E-state index in [1.165, 1.54) is 12.4 Å². The van der Waals surface area contributed by atoms with Crippen LogP contribution in [0.5, 0.6) is 5.75 Å². The van der Waals surface area contributed by atoms with Crippen LogP contribution in [-0.4, -0.2) is 72.0 Å². The lowest BCUT2D eigenvalue weighted by atomic mass is 10.1. The van der Waals surface area contributed by atoms with E-state index in [4.69, 9.17) is 19.5 Å². The van der Waals surface area contributed by atoms with Gasteiger partial charge in [-0.2, -0.15) is 5.26 Å². The minimum atomic E-state index is -0.407. The number of morpholine rings is 1. The van der Waals surface area contributed by atoms with E-state index in [1.807, 2.05) is 64.2 Å². The van der Waals surface area contributed by atoms with Gasteiger partial charge in [-0.15, -0.1) is 0 Å². The second-order valence-electron chi connectivity index (χ2n) is 9.20. The molecule has 0 atom stereocenters. The summed E-state index contributed by atoms with van der Waals surface area (Å²) < 4.78 is 15.5. The molecule has 0 bridgehead atoms. The Morgan fingerprint density at radius 3 is 2.29 bits per heavy atom. The number of nitrogens with zero attached hydrogens (tertiary/aromatic N) is 5. The SMILES string of the molecule is CC(C)(C)OC(=O)N1CCOCC1.CNc1cc(Nc2cnc(C#N)cn2)ncc1-c1ccc(OC)cc1. The molecule has 1 fully saturated rings. The molecule has 0 aliphatic carbocycles. The Hall–Kier alpha value is -4.43. The van der Waals surface area contributed by atoms with Crippen molar-refractivity contribution in [2.24, 2.45) is 0 Å². The number of rotatable bonds is 5. The summed E-state index contributed by atoms with van der Waals surface area (Å²) in [6.45, 7) is 8.09. The lowest BCUT2D eigenvalue weighted by Crippen LogP contribution is -2.43. The number of anilines is 3. The molecule has 200 valence electrons. The zero-order valence-corrected chi connectivity index (χ0v) is 22.3. The van der Waals surface area contributed by atoms with Crippen molar-refractivity contribution in [1.29, 1.82) is 5.26 Å². The molecule has 0 radical (unpaired) electrons. The summed E-state index contributed by atoms with van der Waals surface area (Å²) in [5, 5.41) is 15.0. The van der Waals surface area contributed by atoms with Crippen LogP contribution < -0.4 is 15.4 Å². The Morgan fingerprint density at radius 2 is 1.74 bits per heavy atom. The number of nitrogens with one attached hydrogen (secondary N) is 2. The molecule has 1 amide bonds. The summed E-state index contributed by atoms with van der Waals surface area (Å²) in [7, 11) is 3.50. The molecule has 11 heteroatoms. The van der Waals surface area contributed by atoms with Gasteiger partial charge in [0.05, 0.1) is 32.7 Å². The molecule has 1 aromatic carbocycles. The molecule has 4 rings (SSSR count). The number of benzene rings is 1. The number of hydrogen-bond acceptors (Lipinski definition) is 10. The highest BCUT2D eigenvalue weighted by Crippen LogP contribution is 2.30. The van der Waals surface area contributed by atoms with Gasteiger partial charge in [-0.1, -0.05) is 12.1 Å². The molecule has 0 spiro atoms. The number of ether oxygens (including phenoxy) is 3. The fraction of sp³-hybridized carbons (Fsp3) is 0.370. The maximum atomic E-state index is 11.5. The summed E-state index contributed by atoms with van der Waals surface area (Å²) in [6.07, 6.45) is 4.45. The smallest absolute Gasteiger partial charge is 0.410 e. The van der Waals surface area contributed by atoms with Crippen LogP contribution in [-0.2, 0) is 9.47 Å². The Morgan fingerprint density at radius 1 is 1.05 bits per heavy atom. The van der Waals surface area contributed by atoms with Crippen LogP contribution in [0.15, 0.2) is 48.9 Å². The standard InChI is InChI=1S/C18H16N6O.C9H17NO3/c1-20-16-7-17(24-18-11-21-13(8-19)9-22-18)23-10-15(16)12-3-5-14(25-2)6-4-12;1-9(2,3)13-8(11)10-4-6-12-7-5-10/h3-7,9-11H,1-2H3,(H2,20,22,23,24);4-7H2,1-3H3. The van der Waals surface area contributed by atoms with E-state index in [2.05, 4.69) is 25.6 Å². The molecule has 1 aliphatic rings. The highest BCUT2D eigenvalue weighted by atomic mass is 16.6. The van der Waals surface area contributed by atoms with E-state index in [0.29, 0.717) is 37.9 Å². The maximum Gasteiger partial charge on any atom is 0.410 e. The number of aromatic nitrogens is 3. The van der Waals surface area contributed by atoms with Gasteiger partial charge >= 0.3 is 6.09 Å². The van der Waals surface area contributed by atoms with Gasteiger partial charge in [0.25, 0.3) is 0 Å². The largest absolute Gasteiger partial charge is 0.497 e. The fourth-order valence-electron chi connectivity index (χ4n) is 3.39. The van der Waals surface area contributed by atoms with E-state index in [9.17, 15) is 4.79 Å². The molecule has 1 saturated heterocycles. The van der Waals surface area contributed by atoms with Crippen LogP contribution in [0.2, 0.25) is 0 Å². The Kier molecular flexibility index (Phi) is 9.79. The zero-order chi connectivity index (χ0) is 27.5. The molecule has 0 saturated carbocycles. The lowest BCUT2D eigenvalue weighted by Gasteiger charge is -2.29. The molecular formula is C27H33N7O4. The molecular weight excluding hydrogens is 486 g/mol. The topological polar surface area (TPSA) is 135 Å². The van der Waals surface area contributed by atoms with Crippen LogP contribution >= 0.6 is 0 Å². The van der Waals surface area contributed by atoms with Crippen molar-refractivity contribution in [2.75, 3.05) is 51.1 Å². The van der Waals surface area contributed by atoms with Gasteiger partial charge in [0.1, 0.15) is 29.1 Å². The van der Waals surface area contributed by atoms with Gasteiger partial charge in [-0.3, -0.25) is 0 Å². The first kappa shape index (κ1) is 28.1. The van der Waals surface area contributed by atoms with Crippen molar-refractivity contribution in [3.8, 4) is 22.9 Å². The van der Waals surface area contributed by atoms with Crippen molar-refractivity contribution in [1.82, 2.24) is 19.9 Å². The third-order valence-corrected chi connectivity index (χ3v) is 5.26. The third-order valence-electron chi connectivity index (χ3n) is 5.26. The van der Waals surface area contributed by atoms with Gasteiger partial charge in [-0.05, 0) is 38.5 Å². The van der Waals surface area contributed by atoms with Gasteiger partial charge in [0.15, 0.2) is 5.69 Å². The summed E-state index contributed by atoms with van der Waals surface area (Å²) in [5.74, 6) is 1.95. The van der Waals surface area contributed by atoms with E-state index < -0.39 is 5.60 Å². The molecule has 3 heterocycles. The number of pyridine rings is 1.